The van der Waals surface area contributed by atoms with Gasteiger partial charge in [-0.25, -0.2) is 9.18 Å². The van der Waals surface area contributed by atoms with Crippen LogP contribution in [0.3, 0.4) is 0 Å². The minimum absolute atomic E-state index is 0.298. The van der Waals surface area contributed by atoms with Gasteiger partial charge in [-0.05, 0) is 19.1 Å². The zero-order valence-corrected chi connectivity index (χ0v) is 7.87. The molecule has 2 rings (SSSR count). The smallest absolute Gasteiger partial charge is 0.318 e. The molecule has 1 aromatic heterocycles. The molecule has 1 aliphatic heterocycles. The first-order valence-corrected chi connectivity index (χ1v) is 4.28. The number of pyridine rings is 1. The molecular formula is C9H8FN3O2. The van der Waals surface area contributed by atoms with Gasteiger partial charge in [0.1, 0.15) is 5.82 Å². The Morgan fingerprint density at radius 2 is 2.13 bits per heavy atom. The highest BCUT2D eigenvalue weighted by Gasteiger charge is 2.44. The summed E-state index contributed by atoms with van der Waals surface area (Å²) < 4.78 is 12.6. The lowest BCUT2D eigenvalue weighted by Gasteiger charge is -2.19. The number of hydrogen-bond acceptors (Lipinski definition) is 3. The number of urea groups is 1. The van der Waals surface area contributed by atoms with E-state index in [9.17, 15) is 14.0 Å². The van der Waals surface area contributed by atoms with Crippen molar-refractivity contribution in [3.05, 3.63) is 29.8 Å². The molecule has 0 aliphatic carbocycles. The first-order valence-electron chi connectivity index (χ1n) is 4.28. The van der Waals surface area contributed by atoms with Crippen molar-refractivity contribution < 1.29 is 14.0 Å². The van der Waals surface area contributed by atoms with Gasteiger partial charge in [-0.1, -0.05) is 0 Å². The van der Waals surface area contributed by atoms with E-state index in [0.717, 1.165) is 6.20 Å². The number of nitrogens with zero attached hydrogens (tertiary/aromatic N) is 1. The third-order valence-corrected chi connectivity index (χ3v) is 2.28. The van der Waals surface area contributed by atoms with Crippen molar-refractivity contribution in [3.63, 3.8) is 0 Å². The molecule has 1 unspecified atom stereocenters. The summed E-state index contributed by atoms with van der Waals surface area (Å²) in [5.41, 5.74) is -0.919. The lowest BCUT2D eigenvalue weighted by atomic mass is 9.98. The van der Waals surface area contributed by atoms with Gasteiger partial charge in [0.15, 0.2) is 5.54 Å². The first-order chi connectivity index (χ1) is 7.02. The number of imide groups is 1. The number of amides is 3. The van der Waals surface area contributed by atoms with Crippen LogP contribution in [0.25, 0.3) is 0 Å². The lowest BCUT2D eigenvalue weighted by molar-refractivity contribution is -0.123. The van der Waals surface area contributed by atoms with E-state index in [4.69, 9.17) is 0 Å². The Labute approximate surface area is 84.7 Å². The minimum atomic E-state index is -1.22. The molecule has 1 atom stereocenters. The molecule has 1 aliphatic rings. The van der Waals surface area contributed by atoms with Gasteiger partial charge in [0, 0.05) is 0 Å². The summed E-state index contributed by atoms with van der Waals surface area (Å²) in [5, 5.41) is 4.53. The lowest BCUT2D eigenvalue weighted by Crippen LogP contribution is -2.41. The second kappa shape index (κ2) is 3.01. The average Bonchev–Trinajstić information content (AvgIpc) is 2.42. The molecule has 1 saturated heterocycles. The largest absolute Gasteiger partial charge is 0.322 e. The molecule has 3 amide bonds. The van der Waals surface area contributed by atoms with E-state index >= 15 is 0 Å². The Morgan fingerprint density at radius 1 is 1.40 bits per heavy atom. The second-order valence-corrected chi connectivity index (χ2v) is 3.39. The molecule has 0 aromatic carbocycles. The molecule has 2 heterocycles. The average molecular weight is 209 g/mol. The molecule has 1 fully saturated rings. The van der Waals surface area contributed by atoms with Gasteiger partial charge in [0.2, 0.25) is 0 Å². The van der Waals surface area contributed by atoms with Crippen molar-refractivity contribution in [2.24, 2.45) is 0 Å². The second-order valence-electron chi connectivity index (χ2n) is 3.39. The van der Waals surface area contributed by atoms with E-state index in [1.165, 1.54) is 19.1 Å². The third kappa shape index (κ3) is 1.43. The van der Waals surface area contributed by atoms with E-state index in [1.54, 1.807) is 0 Å². The summed E-state index contributed by atoms with van der Waals surface area (Å²) >= 11 is 0. The number of nitrogens with one attached hydrogen (secondary N) is 2. The van der Waals surface area contributed by atoms with Gasteiger partial charge >= 0.3 is 6.03 Å². The standard InChI is InChI=1S/C9H8FN3O2/c1-9(7(14)12-8(15)13-9)6-3-2-5(10)4-11-6/h2-4H,1H3,(H2,12,13,14,15). The first kappa shape index (κ1) is 9.57. The van der Waals surface area contributed by atoms with Crippen LogP contribution >= 0.6 is 0 Å². The van der Waals surface area contributed by atoms with E-state index in [0.29, 0.717) is 5.69 Å². The number of halogens is 1. The van der Waals surface area contributed by atoms with Crippen LogP contribution in [-0.2, 0) is 10.3 Å². The maximum absolute atomic E-state index is 12.6. The SMILES string of the molecule is CC1(c2ccc(F)cn2)NC(=O)NC1=O. The zero-order valence-electron chi connectivity index (χ0n) is 7.87. The molecule has 0 saturated carbocycles. The van der Waals surface area contributed by atoms with Crippen LogP contribution in [0.5, 0.6) is 0 Å². The van der Waals surface area contributed by atoms with Crippen LogP contribution in [0, 0.1) is 5.82 Å². The van der Waals surface area contributed by atoms with Crippen molar-refractivity contribution in [2.75, 3.05) is 0 Å². The number of rotatable bonds is 1. The van der Waals surface area contributed by atoms with Crippen LogP contribution in [0.4, 0.5) is 9.18 Å². The van der Waals surface area contributed by atoms with Crippen molar-refractivity contribution in [2.45, 2.75) is 12.5 Å². The molecule has 2 N–H and O–H groups in total. The molecule has 1 aromatic rings. The molecule has 0 spiro atoms. The van der Waals surface area contributed by atoms with Gasteiger partial charge in [-0.2, -0.15) is 0 Å². The summed E-state index contributed by atoms with van der Waals surface area (Å²) in [5.74, 6) is -0.987. The molecular weight excluding hydrogens is 201 g/mol. The fraction of sp³-hybridized carbons (Fsp3) is 0.222. The fourth-order valence-corrected chi connectivity index (χ4v) is 1.40. The Kier molecular flexibility index (Phi) is 1.92. The summed E-state index contributed by atoms with van der Waals surface area (Å²) in [4.78, 5) is 26.2. The van der Waals surface area contributed by atoms with Crippen LogP contribution in [-0.4, -0.2) is 16.9 Å². The van der Waals surface area contributed by atoms with Crippen molar-refractivity contribution >= 4 is 11.9 Å². The van der Waals surface area contributed by atoms with Gasteiger partial charge in [-0.3, -0.25) is 15.1 Å². The van der Waals surface area contributed by atoms with E-state index in [1.807, 2.05) is 0 Å². The topological polar surface area (TPSA) is 71.1 Å². The zero-order chi connectivity index (χ0) is 11.1. The van der Waals surface area contributed by atoms with Crippen LogP contribution in [0.2, 0.25) is 0 Å². The third-order valence-electron chi connectivity index (χ3n) is 2.28. The summed E-state index contributed by atoms with van der Waals surface area (Å²) in [7, 11) is 0. The predicted molar refractivity (Wildman–Crippen MR) is 48.2 cm³/mol. The Balaban J connectivity index is 2.41. The number of hydrogen-bond donors (Lipinski definition) is 2. The molecule has 0 radical (unpaired) electrons. The highest BCUT2D eigenvalue weighted by Crippen LogP contribution is 2.21. The monoisotopic (exact) mass is 209 g/mol. The van der Waals surface area contributed by atoms with Crippen molar-refractivity contribution in [1.29, 1.82) is 0 Å². The summed E-state index contributed by atoms with van der Waals surface area (Å²) in [6.07, 6.45) is 0.998. The van der Waals surface area contributed by atoms with E-state index in [2.05, 4.69) is 15.6 Å². The maximum atomic E-state index is 12.6. The molecule has 6 heteroatoms. The van der Waals surface area contributed by atoms with Crippen molar-refractivity contribution in [3.8, 4) is 0 Å². The fourth-order valence-electron chi connectivity index (χ4n) is 1.40. The summed E-state index contributed by atoms with van der Waals surface area (Å²) in [6.45, 7) is 1.51. The van der Waals surface area contributed by atoms with E-state index < -0.39 is 23.3 Å². The van der Waals surface area contributed by atoms with Gasteiger partial charge < -0.3 is 5.32 Å². The summed E-state index contributed by atoms with van der Waals surface area (Å²) in [6, 6.07) is 1.97. The highest BCUT2D eigenvalue weighted by atomic mass is 19.1. The van der Waals surface area contributed by atoms with Gasteiger partial charge in [0.25, 0.3) is 5.91 Å². The highest BCUT2D eigenvalue weighted by molar-refractivity contribution is 6.06. The Morgan fingerprint density at radius 3 is 2.60 bits per heavy atom. The number of carbonyl (C=O) groups is 2. The quantitative estimate of drug-likeness (QED) is 0.652. The van der Waals surface area contributed by atoms with Crippen LogP contribution in [0.15, 0.2) is 18.3 Å². The van der Waals surface area contributed by atoms with Crippen LogP contribution < -0.4 is 10.6 Å². The molecule has 15 heavy (non-hydrogen) atoms. The minimum Gasteiger partial charge on any atom is -0.318 e. The predicted octanol–water partition coefficient (Wildman–Crippen LogP) is 0.275. The van der Waals surface area contributed by atoms with Crippen molar-refractivity contribution in [1.82, 2.24) is 15.6 Å². The molecule has 5 nitrogen and oxygen atoms in total. The van der Waals surface area contributed by atoms with Gasteiger partial charge in [0.05, 0.1) is 11.9 Å². The van der Waals surface area contributed by atoms with E-state index in [-0.39, 0.29) is 0 Å². The molecule has 78 valence electrons. The Bertz CT molecular complexity index is 431. The van der Waals surface area contributed by atoms with Gasteiger partial charge in [-0.15, -0.1) is 0 Å². The maximum Gasteiger partial charge on any atom is 0.322 e. The number of carbonyl (C=O) groups excluding carboxylic acids is 2. The Hall–Kier alpha value is -1.98. The normalized spacial score (nSPS) is 24.9. The van der Waals surface area contributed by atoms with Crippen LogP contribution in [0.1, 0.15) is 12.6 Å². The molecule has 0 bridgehead atoms. The number of aromatic nitrogens is 1.